The molecule has 0 radical (unpaired) electrons. The third-order valence-corrected chi connectivity index (χ3v) is 2.30. The summed E-state index contributed by atoms with van der Waals surface area (Å²) in [5.74, 6) is 0.965. The maximum absolute atomic E-state index is 5.57. The summed E-state index contributed by atoms with van der Waals surface area (Å²) in [6.07, 6.45) is 6.11. The maximum Gasteiger partial charge on any atom is 0.144 e. The monoisotopic (exact) mass is 171 g/mol. The molecule has 0 atom stereocenters. The molecule has 64 valence electrons. The second-order valence-electron chi connectivity index (χ2n) is 3.11. The summed E-state index contributed by atoms with van der Waals surface area (Å²) in [7, 11) is 0. The molecule has 3 rings (SSSR count). The van der Waals surface area contributed by atoms with Crippen LogP contribution in [-0.4, -0.2) is 11.2 Å². The number of hydrogen-bond donors (Lipinski definition) is 0. The molecule has 1 aliphatic rings. The first-order valence-corrected chi connectivity index (χ1v) is 4.34. The molecule has 0 saturated carbocycles. The molecule has 0 bridgehead atoms. The summed E-state index contributed by atoms with van der Waals surface area (Å²) in [6, 6.07) is 8.22. The number of aromatic nitrogens is 1. The summed E-state index contributed by atoms with van der Waals surface area (Å²) in [5, 5.41) is 1.23. The molecule has 2 aromatic rings. The van der Waals surface area contributed by atoms with Crippen LogP contribution in [0.5, 0.6) is 5.75 Å². The van der Waals surface area contributed by atoms with Crippen molar-refractivity contribution in [3.63, 3.8) is 0 Å². The normalized spacial score (nSPS) is 14.2. The van der Waals surface area contributed by atoms with Crippen LogP contribution in [0.3, 0.4) is 0 Å². The molecule has 0 aliphatic carbocycles. The molecular formula is C11H9NO. The zero-order valence-corrected chi connectivity index (χ0v) is 7.10. The molecule has 2 heteroatoms. The predicted octanol–water partition coefficient (Wildman–Crippen LogP) is 2.50. The van der Waals surface area contributed by atoms with Gasteiger partial charge in [-0.25, -0.2) is 0 Å². The average Bonchev–Trinajstić information content (AvgIpc) is 2.44. The van der Waals surface area contributed by atoms with Crippen LogP contribution >= 0.6 is 0 Å². The molecule has 0 unspecified atom stereocenters. The third-order valence-electron chi connectivity index (χ3n) is 2.30. The Morgan fingerprint density at radius 2 is 2.23 bits per heavy atom. The molecule has 1 aromatic heterocycles. The van der Waals surface area contributed by atoms with E-state index in [1.807, 2.05) is 24.4 Å². The van der Waals surface area contributed by atoms with E-state index in [2.05, 4.69) is 22.9 Å². The minimum Gasteiger partial charge on any atom is -0.487 e. The lowest BCUT2D eigenvalue weighted by molar-refractivity contribution is 0.369. The maximum atomic E-state index is 5.57. The number of para-hydroxylation sites is 1. The van der Waals surface area contributed by atoms with Gasteiger partial charge in [0.25, 0.3) is 0 Å². The molecule has 0 amide bonds. The Kier molecular flexibility index (Phi) is 1.25. The predicted molar refractivity (Wildman–Crippen MR) is 52.8 cm³/mol. The van der Waals surface area contributed by atoms with Crippen LogP contribution < -0.4 is 4.74 Å². The molecular weight excluding hydrogens is 162 g/mol. The smallest absolute Gasteiger partial charge is 0.144 e. The number of hydrogen-bond acceptors (Lipinski definition) is 1. The second kappa shape index (κ2) is 2.39. The highest BCUT2D eigenvalue weighted by Crippen LogP contribution is 2.28. The molecule has 2 heterocycles. The van der Waals surface area contributed by atoms with Gasteiger partial charge in [-0.15, -0.1) is 0 Å². The molecule has 13 heavy (non-hydrogen) atoms. The Morgan fingerprint density at radius 1 is 1.23 bits per heavy atom. The molecule has 0 spiro atoms. The fraction of sp³-hybridized carbons (Fsp3) is 0.0909. The SMILES string of the molecule is C1=Cn2ccc3cccc(c32)OC1. The van der Waals surface area contributed by atoms with E-state index in [0.717, 1.165) is 11.3 Å². The standard InChI is InChI=1S/C11H9NO/c1-3-9-5-7-12-6-2-8-13-10(4-1)11(9)12/h1-7H,8H2. The van der Waals surface area contributed by atoms with Crippen molar-refractivity contribution in [2.45, 2.75) is 0 Å². The molecule has 1 aliphatic heterocycles. The summed E-state index contributed by atoms with van der Waals surface area (Å²) in [6.45, 7) is 0.654. The van der Waals surface area contributed by atoms with Crippen molar-refractivity contribution >= 4 is 17.1 Å². The van der Waals surface area contributed by atoms with Gasteiger partial charge >= 0.3 is 0 Å². The second-order valence-corrected chi connectivity index (χ2v) is 3.11. The van der Waals surface area contributed by atoms with Crippen LogP contribution in [-0.2, 0) is 0 Å². The lowest BCUT2D eigenvalue weighted by Crippen LogP contribution is -1.91. The quantitative estimate of drug-likeness (QED) is 0.594. The summed E-state index contributed by atoms with van der Waals surface area (Å²) >= 11 is 0. The summed E-state index contributed by atoms with van der Waals surface area (Å²) in [5.41, 5.74) is 1.16. The first-order valence-electron chi connectivity index (χ1n) is 4.34. The van der Waals surface area contributed by atoms with Gasteiger partial charge in [0.1, 0.15) is 12.4 Å². The molecule has 0 saturated heterocycles. The van der Waals surface area contributed by atoms with Crippen LogP contribution in [0.2, 0.25) is 0 Å². The van der Waals surface area contributed by atoms with Crippen molar-refractivity contribution in [3.8, 4) is 5.75 Å². The van der Waals surface area contributed by atoms with Gasteiger partial charge < -0.3 is 9.30 Å². The zero-order valence-electron chi connectivity index (χ0n) is 7.10. The molecule has 0 fully saturated rings. The van der Waals surface area contributed by atoms with Crippen molar-refractivity contribution < 1.29 is 4.74 Å². The minimum atomic E-state index is 0.654. The Balaban J connectivity index is 2.48. The Morgan fingerprint density at radius 3 is 3.23 bits per heavy atom. The first kappa shape index (κ1) is 6.78. The zero-order chi connectivity index (χ0) is 8.67. The van der Waals surface area contributed by atoms with E-state index in [4.69, 9.17) is 4.74 Å². The van der Waals surface area contributed by atoms with Crippen LogP contribution in [0.15, 0.2) is 36.5 Å². The van der Waals surface area contributed by atoms with E-state index < -0.39 is 0 Å². The van der Waals surface area contributed by atoms with Gasteiger partial charge in [-0.1, -0.05) is 12.1 Å². The van der Waals surface area contributed by atoms with Crippen LogP contribution in [0.1, 0.15) is 0 Å². The van der Waals surface area contributed by atoms with Crippen LogP contribution in [0.25, 0.3) is 17.1 Å². The fourth-order valence-corrected chi connectivity index (χ4v) is 1.72. The molecule has 1 aromatic carbocycles. The number of rotatable bonds is 0. The van der Waals surface area contributed by atoms with Crippen LogP contribution in [0.4, 0.5) is 0 Å². The van der Waals surface area contributed by atoms with Gasteiger partial charge in [0.05, 0.1) is 5.52 Å². The fourth-order valence-electron chi connectivity index (χ4n) is 1.72. The topological polar surface area (TPSA) is 14.2 Å². The van der Waals surface area contributed by atoms with E-state index in [-0.39, 0.29) is 0 Å². The van der Waals surface area contributed by atoms with E-state index in [9.17, 15) is 0 Å². The third kappa shape index (κ3) is 0.886. The Hall–Kier alpha value is -1.70. The van der Waals surface area contributed by atoms with E-state index in [1.54, 1.807) is 0 Å². The van der Waals surface area contributed by atoms with Crippen molar-refractivity contribution in [2.75, 3.05) is 6.61 Å². The summed E-state index contributed by atoms with van der Waals surface area (Å²) < 4.78 is 7.67. The lowest BCUT2D eigenvalue weighted by Gasteiger charge is -2.03. The molecule has 2 nitrogen and oxygen atoms in total. The van der Waals surface area contributed by atoms with E-state index in [1.165, 1.54) is 5.39 Å². The number of nitrogens with zero attached hydrogens (tertiary/aromatic N) is 1. The minimum absolute atomic E-state index is 0.654. The van der Waals surface area contributed by atoms with Gasteiger partial charge in [-0.2, -0.15) is 0 Å². The number of benzene rings is 1. The largest absolute Gasteiger partial charge is 0.487 e. The summed E-state index contributed by atoms with van der Waals surface area (Å²) in [4.78, 5) is 0. The lowest BCUT2D eigenvalue weighted by atomic mass is 10.2. The Labute approximate surface area is 76.0 Å². The van der Waals surface area contributed by atoms with Gasteiger partial charge in [-0.05, 0) is 18.2 Å². The van der Waals surface area contributed by atoms with Gasteiger partial charge in [0.15, 0.2) is 0 Å². The Bertz CT molecular complexity index is 482. The van der Waals surface area contributed by atoms with Gasteiger partial charge in [-0.3, -0.25) is 0 Å². The molecule has 0 N–H and O–H groups in total. The van der Waals surface area contributed by atoms with Crippen molar-refractivity contribution in [2.24, 2.45) is 0 Å². The van der Waals surface area contributed by atoms with Crippen molar-refractivity contribution in [1.82, 2.24) is 4.57 Å². The van der Waals surface area contributed by atoms with Crippen LogP contribution in [0, 0.1) is 0 Å². The highest BCUT2D eigenvalue weighted by molar-refractivity contribution is 5.87. The van der Waals surface area contributed by atoms with E-state index >= 15 is 0 Å². The highest BCUT2D eigenvalue weighted by atomic mass is 16.5. The number of ether oxygens (including phenoxy) is 1. The first-order chi connectivity index (χ1) is 6.45. The van der Waals surface area contributed by atoms with E-state index in [0.29, 0.717) is 6.61 Å². The average molecular weight is 171 g/mol. The van der Waals surface area contributed by atoms with Gasteiger partial charge in [0, 0.05) is 17.8 Å². The van der Waals surface area contributed by atoms with Crippen molar-refractivity contribution in [1.29, 1.82) is 0 Å². The highest BCUT2D eigenvalue weighted by Gasteiger charge is 2.07. The van der Waals surface area contributed by atoms with Crippen molar-refractivity contribution in [3.05, 3.63) is 36.5 Å². The van der Waals surface area contributed by atoms with Gasteiger partial charge in [0.2, 0.25) is 0 Å².